The fourth-order valence-corrected chi connectivity index (χ4v) is 1.79. The second kappa shape index (κ2) is 6.75. The van der Waals surface area contributed by atoms with E-state index in [0.717, 1.165) is 0 Å². The summed E-state index contributed by atoms with van der Waals surface area (Å²) in [6.45, 7) is 7.42. The molecule has 0 aliphatic carbocycles. The van der Waals surface area contributed by atoms with Crippen LogP contribution in [0, 0.1) is 0 Å². The van der Waals surface area contributed by atoms with Gasteiger partial charge in [0.2, 0.25) is 11.8 Å². The molecule has 0 saturated heterocycles. The van der Waals surface area contributed by atoms with Gasteiger partial charge in [-0.2, -0.15) is 0 Å². The van der Waals surface area contributed by atoms with Crippen LogP contribution >= 0.6 is 11.8 Å². The van der Waals surface area contributed by atoms with Crippen molar-refractivity contribution in [2.24, 2.45) is 0 Å². The summed E-state index contributed by atoms with van der Waals surface area (Å²) in [6, 6.07) is 0.119. The first kappa shape index (κ1) is 15.0. The summed E-state index contributed by atoms with van der Waals surface area (Å²) in [5, 5.41) is 19.4. The number of nitrogens with one attached hydrogen (secondary N) is 1. The molecule has 18 heavy (non-hydrogen) atoms. The molecule has 6 nitrogen and oxygen atoms in total. The SMILES string of the molecule is CC(C)c1nnc(NC(=O)CSC(C)C(C)O)o1. The summed E-state index contributed by atoms with van der Waals surface area (Å²) in [4.78, 5) is 11.6. The topological polar surface area (TPSA) is 88.2 Å². The van der Waals surface area contributed by atoms with Crippen LogP contribution in [0.25, 0.3) is 0 Å². The van der Waals surface area contributed by atoms with Crippen LogP contribution in [0.3, 0.4) is 0 Å². The molecule has 0 aliphatic heterocycles. The molecule has 0 aliphatic rings. The average molecular weight is 273 g/mol. The van der Waals surface area contributed by atoms with E-state index in [1.54, 1.807) is 6.92 Å². The molecule has 2 N–H and O–H groups in total. The summed E-state index contributed by atoms with van der Waals surface area (Å²) in [5.41, 5.74) is 0. The molecule has 0 fully saturated rings. The molecule has 102 valence electrons. The van der Waals surface area contributed by atoms with E-state index in [4.69, 9.17) is 4.42 Å². The van der Waals surface area contributed by atoms with Gasteiger partial charge in [-0.25, -0.2) is 0 Å². The monoisotopic (exact) mass is 273 g/mol. The van der Waals surface area contributed by atoms with Crippen molar-refractivity contribution < 1.29 is 14.3 Å². The van der Waals surface area contributed by atoms with E-state index in [2.05, 4.69) is 15.5 Å². The maximum absolute atomic E-state index is 11.6. The molecular formula is C11H19N3O3S. The zero-order chi connectivity index (χ0) is 13.7. The first-order chi connectivity index (χ1) is 8.40. The molecular weight excluding hydrogens is 254 g/mol. The number of aliphatic hydroxyl groups excluding tert-OH is 1. The Balaban J connectivity index is 2.40. The van der Waals surface area contributed by atoms with E-state index in [-0.39, 0.29) is 28.8 Å². The fourth-order valence-electron chi connectivity index (χ4n) is 1.02. The smallest absolute Gasteiger partial charge is 0.322 e. The van der Waals surface area contributed by atoms with Gasteiger partial charge in [0.15, 0.2) is 0 Å². The Hall–Kier alpha value is -1.08. The van der Waals surface area contributed by atoms with Crippen LogP contribution in [0.4, 0.5) is 6.01 Å². The Morgan fingerprint density at radius 1 is 1.39 bits per heavy atom. The van der Waals surface area contributed by atoms with Gasteiger partial charge in [0.1, 0.15) is 0 Å². The summed E-state index contributed by atoms with van der Waals surface area (Å²) in [6.07, 6.45) is -0.446. The molecule has 0 radical (unpaired) electrons. The minimum atomic E-state index is -0.446. The Kier molecular flexibility index (Phi) is 5.61. The lowest BCUT2D eigenvalue weighted by molar-refractivity contribution is -0.113. The highest BCUT2D eigenvalue weighted by Crippen LogP contribution is 2.16. The van der Waals surface area contributed by atoms with Crippen LogP contribution in [0.15, 0.2) is 4.42 Å². The summed E-state index contributed by atoms with van der Waals surface area (Å²) >= 11 is 1.37. The van der Waals surface area contributed by atoms with Crippen molar-refractivity contribution in [2.75, 3.05) is 11.1 Å². The number of rotatable bonds is 6. The molecule has 0 saturated carbocycles. The van der Waals surface area contributed by atoms with Gasteiger partial charge in [0, 0.05) is 11.2 Å². The van der Waals surface area contributed by atoms with E-state index < -0.39 is 6.10 Å². The minimum absolute atomic E-state index is 0.00432. The molecule has 1 aromatic rings. The van der Waals surface area contributed by atoms with Gasteiger partial charge >= 0.3 is 6.01 Å². The number of hydrogen-bond acceptors (Lipinski definition) is 6. The number of aromatic nitrogens is 2. The highest BCUT2D eigenvalue weighted by atomic mass is 32.2. The van der Waals surface area contributed by atoms with Crippen molar-refractivity contribution in [1.29, 1.82) is 0 Å². The number of hydrogen-bond donors (Lipinski definition) is 2. The quantitative estimate of drug-likeness (QED) is 0.819. The van der Waals surface area contributed by atoms with Crippen LogP contribution in [0.1, 0.15) is 39.5 Å². The number of carbonyl (C=O) groups excluding carboxylic acids is 1. The molecule has 2 unspecified atom stereocenters. The van der Waals surface area contributed by atoms with Gasteiger partial charge in [-0.05, 0) is 6.92 Å². The highest BCUT2D eigenvalue weighted by molar-refractivity contribution is 8.00. The second-order valence-electron chi connectivity index (χ2n) is 4.41. The molecule has 2 atom stereocenters. The Bertz CT molecular complexity index is 393. The second-order valence-corrected chi connectivity index (χ2v) is 5.77. The predicted molar refractivity (Wildman–Crippen MR) is 70.6 cm³/mol. The molecule has 0 bridgehead atoms. The van der Waals surface area contributed by atoms with Gasteiger partial charge in [0.25, 0.3) is 0 Å². The van der Waals surface area contributed by atoms with Crippen LogP contribution in [-0.2, 0) is 4.79 Å². The lowest BCUT2D eigenvalue weighted by atomic mass is 10.2. The molecule has 1 heterocycles. The zero-order valence-corrected chi connectivity index (χ0v) is 11.8. The Labute approximate surface area is 111 Å². The van der Waals surface area contributed by atoms with Crippen molar-refractivity contribution in [3.63, 3.8) is 0 Å². The normalized spacial score (nSPS) is 14.6. The molecule has 7 heteroatoms. The van der Waals surface area contributed by atoms with E-state index in [0.29, 0.717) is 5.89 Å². The molecule has 0 aromatic carbocycles. The summed E-state index contributed by atoms with van der Waals surface area (Å²) < 4.78 is 5.26. The van der Waals surface area contributed by atoms with Crippen LogP contribution in [-0.4, -0.2) is 38.3 Å². The molecule has 1 amide bonds. The maximum Gasteiger partial charge on any atom is 0.322 e. The van der Waals surface area contributed by atoms with E-state index in [1.807, 2.05) is 20.8 Å². The Morgan fingerprint density at radius 3 is 2.56 bits per heavy atom. The molecule has 1 aromatic heterocycles. The van der Waals surface area contributed by atoms with Crippen LogP contribution in [0.2, 0.25) is 0 Å². The van der Waals surface area contributed by atoms with Crippen LogP contribution in [0.5, 0.6) is 0 Å². The third kappa shape index (κ3) is 4.66. The minimum Gasteiger partial charge on any atom is -0.408 e. The van der Waals surface area contributed by atoms with Crippen molar-refractivity contribution >= 4 is 23.7 Å². The first-order valence-electron chi connectivity index (χ1n) is 5.83. The third-order valence-corrected chi connectivity index (χ3v) is 3.69. The number of nitrogens with zero attached hydrogens (tertiary/aromatic N) is 2. The van der Waals surface area contributed by atoms with Gasteiger partial charge < -0.3 is 9.52 Å². The fraction of sp³-hybridized carbons (Fsp3) is 0.727. The van der Waals surface area contributed by atoms with E-state index in [9.17, 15) is 9.90 Å². The van der Waals surface area contributed by atoms with Gasteiger partial charge in [-0.3, -0.25) is 10.1 Å². The van der Waals surface area contributed by atoms with Crippen LogP contribution < -0.4 is 5.32 Å². The van der Waals surface area contributed by atoms with Crippen molar-refractivity contribution in [3.05, 3.63) is 5.89 Å². The number of amides is 1. The summed E-state index contributed by atoms with van der Waals surface area (Å²) in [5.74, 6) is 0.653. The number of carbonyl (C=O) groups is 1. The number of aliphatic hydroxyl groups is 1. The maximum atomic E-state index is 11.6. The standard InChI is InChI=1S/C11H19N3O3S/c1-6(2)10-13-14-11(17-10)12-9(16)5-18-8(4)7(3)15/h6-8,15H,5H2,1-4H3,(H,12,14,16). The Morgan fingerprint density at radius 2 is 2.06 bits per heavy atom. The molecule has 1 rings (SSSR count). The van der Waals surface area contributed by atoms with Gasteiger partial charge in [0.05, 0.1) is 11.9 Å². The average Bonchev–Trinajstić information content (AvgIpc) is 2.74. The zero-order valence-electron chi connectivity index (χ0n) is 11.0. The van der Waals surface area contributed by atoms with Crippen molar-refractivity contribution in [3.8, 4) is 0 Å². The van der Waals surface area contributed by atoms with Crippen molar-refractivity contribution in [2.45, 2.75) is 45.0 Å². The third-order valence-electron chi connectivity index (χ3n) is 2.34. The number of thioether (sulfide) groups is 1. The largest absolute Gasteiger partial charge is 0.408 e. The summed E-state index contributed by atoms with van der Waals surface area (Å²) in [7, 11) is 0. The molecule has 0 spiro atoms. The number of anilines is 1. The lowest BCUT2D eigenvalue weighted by Gasteiger charge is -2.12. The van der Waals surface area contributed by atoms with E-state index >= 15 is 0 Å². The highest BCUT2D eigenvalue weighted by Gasteiger charge is 2.14. The first-order valence-corrected chi connectivity index (χ1v) is 6.88. The van der Waals surface area contributed by atoms with Gasteiger partial charge in [-0.1, -0.05) is 25.9 Å². The van der Waals surface area contributed by atoms with Crippen molar-refractivity contribution in [1.82, 2.24) is 10.2 Å². The van der Waals surface area contributed by atoms with E-state index in [1.165, 1.54) is 11.8 Å². The lowest BCUT2D eigenvalue weighted by Crippen LogP contribution is -2.20. The van der Waals surface area contributed by atoms with Gasteiger partial charge in [-0.15, -0.1) is 16.9 Å². The predicted octanol–water partition coefficient (Wildman–Crippen LogP) is 1.63.